The monoisotopic (exact) mass is 227 g/mol. The van der Waals surface area contributed by atoms with Gasteiger partial charge in [0.25, 0.3) is 0 Å². The van der Waals surface area contributed by atoms with Gasteiger partial charge < -0.3 is 10.6 Å². The van der Waals surface area contributed by atoms with Crippen molar-refractivity contribution in [3.05, 3.63) is 0 Å². The van der Waals surface area contributed by atoms with E-state index in [4.69, 9.17) is 0 Å². The maximum absolute atomic E-state index is 11.7. The number of hydrogen-bond acceptors (Lipinski definition) is 3. The summed E-state index contributed by atoms with van der Waals surface area (Å²) in [5.41, 5.74) is 0. The van der Waals surface area contributed by atoms with Gasteiger partial charge in [-0.05, 0) is 39.8 Å². The van der Waals surface area contributed by atoms with Crippen LogP contribution in [0.1, 0.15) is 33.6 Å². The fraction of sp³-hybridized carbons (Fsp3) is 0.917. The fourth-order valence-electron chi connectivity index (χ4n) is 2.18. The van der Waals surface area contributed by atoms with E-state index in [0.717, 1.165) is 32.5 Å². The quantitative estimate of drug-likeness (QED) is 0.698. The third-order valence-electron chi connectivity index (χ3n) is 2.86. The zero-order valence-corrected chi connectivity index (χ0v) is 10.8. The first kappa shape index (κ1) is 13.5. The van der Waals surface area contributed by atoms with Crippen molar-refractivity contribution in [1.82, 2.24) is 15.5 Å². The van der Waals surface area contributed by atoms with Gasteiger partial charge in [-0.25, -0.2) is 0 Å². The second kappa shape index (κ2) is 6.86. The molecule has 1 rings (SSSR count). The van der Waals surface area contributed by atoms with Crippen LogP contribution in [0.15, 0.2) is 0 Å². The van der Waals surface area contributed by atoms with Crippen molar-refractivity contribution >= 4 is 5.91 Å². The van der Waals surface area contributed by atoms with Gasteiger partial charge in [0.05, 0.1) is 6.54 Å². The molecule has 1 heterocycles. The van der Waals surface area contributed by atoms with E-state index in [1.54, 1.807) is 0 Å². The molecule has 16 heavy (non-hydrogen) atoms. The first-order valence-corrected chi connectivity index (χ1v) is 6.37. The number of nitrogens with one attached hydrogen (secondary N) is 2. The molecule has 4 nitrogen and oxygen atoms in total. The average molecular weight is 227 g/mol. The van der Waals surface area contributed by atoms with Crippen LogP contribution in [-0.4, -0.2) is 49.1 Å². The Morgan fingerprint density at radius 2 is 2.31 bits per heavy atom. The summed E-state index contributed by atoms with van der Waals surface area (Å²) in [6.45, 7) is 9.82. The molecule has 1 saturated heterocycles. The Bertz CT molecular complexity index is 212. The van der Waals surface area contributed by atoms with Crippen molar-refractivity contribution in [2.75, 3.05) is 26.2 Å². The van der Waals surface area contributed by atoms with Crippen LogP contribution >= 0.6 is 0 Å². The molecule has 94 valence electrons. The number of hydrogen-bond donors (Lipinski definition) is 2. The molecule has 1 fully saturated rings. The lowest BCUT2D eigenvalue weighted by Gasteiger charge is -2.27. The molecule has 0 bridgehead atoms. The predicted molar refractivity (Wildman–Crippen MR) is 66.4 cm³/mol. The SMILES string of the molecule is CCCN(CC(=O)NC(C)C)C1CCNC1. The summed E-state index contributed by atoms with van der Waals surface area (Å²) in [7, 11) is 0. The molecular formula is C12H25N3O. The average Bonchev–Trinajstić information content (AvgIpc) is 2.68. The number of carbonyl (C=O) groups is 1. The Morgan fingerprint density at radius 3 is 2.81 bits per heavy atom. The van der Waals surface area contributed by atoms with Crippen LogP contribution in [-0.2, 0) is 4.79 Å². The highest BCUT2D eigenvalue weighted by atomic mass is 16.2. The molecule has 0 aromatic carbocycles. The molecule has 1 amide bonds. The molecule has 0 radical (unpaired) electrons. The minimum Gasteiger partial charge on any atom is -0.353 e. The number of rotatable bonds is 6. The summed E-state index contributed by atoms with van der Waals surface area (Å²) in [4.78, 5) is 14.0. The summed E-state index contributed by atoms with van der Waals surface area (Å²) >= 11 is 0. The second-order valence-corrected chi connectivity index (χ2v) is 4.84. The van der Waals surface area contributed by atoms with E-state index < -0.39 is 0 Å². The third kappa shape index (κ3) is 4.49. The smallest absolute Gasteiger partial charge is 0.234 e. The van der Waals surface area contributed by atoms with Gasteiger partial charge in [-0.3, -0.25) is 9.69 Å². The number of carbonyl (C=O) groups excluding carboxylic acids is 1. The number of amides is 1. The van der Waals surface area contributed by atoms with Crippen molar-refractivity contribution in [2.24, 2.45) is 0 Å². The number of nitrogens with zero attached hydrogens (tertiary/aromatic N) is 1. The van der Waals surface area contributed by atoms with Gasteiger partial charge in [-0.2, -0.15) is 0 Å². The normalized spacial score (nSPS) is 20.7. The van der Waals surface area contributed by atoms with E-state index in [0.29, 0.717) is 12.6 Å². The zero-order valence-electron chi connectivity index (χ0n) is 10.8. The van der Waals surface area contributed by atoms with E-state index in [1.807, 2.05) is 13.8 Å². The lowest BCUT2D eigenvalue weighted by atomic mass is 10.2. The molecule has 0 aromatic heterocycles. The minimum atomic E-state index is 0.148. The third-order valence-corrected chi connectivity index (χ3v) is 2.86. The summed E-state index contributed by atoms with van der Waals surface area (Å²) in [5, 5.41) is 6.31. The van der Waals surface area contributed by atoms with Crippen molar-refractivity contribution in [3.8, 4) is 0 Å². The molecule has 0 saturated carbocycles. The molecule has 0 spiro atoms. The Kier molecular flexibility index (Phi) is 5.77. The molecule has 1 unspecified atom stereocenters. The van der Waals surface area contributed by atoms with Crippen LogP contribution in [0.5, 0.6) is 0 Å². The molecule has 0 aliphatic carbocycles. The Morgan fingerprint density at radius 1 is 1.56 bits per heavy atom. The first-order chi connectivity index (χ1) is 7.63. The van der Waals surface area contributed by atoms with E-state index >= 15 is 0 Å². The van der Waals surface area contributed by atoms with E-state index in [-0.39, 0.29) is 11.9 Å². The molecule has 2 N–H and O–H groups in total. The van der Waals surface area contributed by atoms with Crippen molar-refractivity contribution in [1.29, 1.82) is 0 Å². The van der Waals surface area contributed by atoms with Gasteiger partial charge in [0, 0.05) is 18.6 Å². The van der Waals surface area contributed by atoms with E-state index in [1.165, 1.54) is 0 Å². The van der Waals surface area contributed by atoms with Crippen LogP contribution in [0.3, 0.4) is 0 Å². The highest BCUT2D eigenvalue weighted by Crippen LogP contribution is 2.08. The second-order valence-electron chi connectivity index (χ2n) is 4.84. The van der Waals surface area contributed by atoms with Gasteiger partial charge in [0.15, 0.2) is 0 Å². The largest absolute Gasteiger partial charge is 0.353 e. The van der Waals surface area contributed by atoms with Gasteiger partial charge in [0.1, 0.15) is 0 Å². The summed E-state index contributed by atoms with van der Waals surface area (Å²) < 4.78 is 0. The van der Waals surface area contributed by atoms with Gasteiger partial charge in [-0.1, -0.05) is 6.92 Å². The van der Waals surface area contributed by atoms with E-state index in [9.17, 15) is 4.79 Å². The van der Waals surface area contributed by atoms with Crippen molar-refractivity contribution in [3.63, 3.8) is 0 Å². The maximum Gasteiger partial charge on any atom is 0.234 e. The molecule has 1 aliphatic heterocycles. The lowest BCUT2D eigenvalue weighted by molar-refractivity contribution is -0.123. The van der Waals surface area contributed by atoms with Gasteiger partial charge in [0.2, 0.25) is 5.91 Å². The van der Waals surface area contributed by atoms with Gasteiger partial charge in [-0.15, -0.1) is 0 Å². The topological polar surface area (TPSA) is 44.4 Å². The lowest BCUT2D eigenvalue weighted by Crippen LogP contribution is -2.45. The van der Waals surface area contributed by atoms with Crippen LogP contribution in [0.25, 0.3) is 0 Å². The summed E-state index contributed by atoms with van der Waals surface area (Å²) in [6, 6.07) is 0.774. The molecule has 0 aromatic rings. The minimum absolute atomic E-state index is 0.148. The molecule has 4 heteroatoms. The molecular weight excluding hydrogens is 202 g/mol. The highest BCUT2D eigenvalue weighted by Gasteiger charge is 2.23. The van der Waals surface area contributed by atoms with Crippen LogP contribution in [0.4, 0.5) is 0 Å². The van der Waals surface area contributed by atoms with Crippen LogP contribution in [0.2, 0.25) is 0 Å². The fourth-order valence-corrected chi connectivity index (χ4v) is 2.18. The maximum atomic E-state index is 11.7. The summed E-state index contributed by atoms with van der Waals surface area (Å²) in [6.07, 6.45) is 2.26. The Hall–Kier alpha value is -0.610. The zero-order chi connectivity index (χ0) is 12.0. The van der Waals surface area contributed by atoms with Crippen molar-refractivity contribution in [2.45, 2.75) is 45.7 Å². The first-order valence-electron chi connectivity index (χ1n) is 6.37. The Balaban J connectivity index is 2.40. The Labute approximate surface area is 98.8 Å². The molecule has 1 aliphatic rings. The predicted octanol–water partition coefficient (Wildman–Crippen LogP) is 0.585. The van der Waals surface area contributed by atoms with Crippen LogP contribution in [0, 0.1) is 0 Å². The van der Waals surface area contributed by atoms with Gasteiger partial charge >= 0.3 is 0 Å². The van der Waals surface area contributed by atoms with E-state index in [2.05, 4.69) is 22.5 Å². The standard InChI is InChI=1S/C12H25N3O/c1-4-7-15(11-5-6-13-8-11)9-12(16)14-10(2)3/h10-11,13H,4-9H2,1-3H3,(H,14,16). The highest BCUT2D eigenvalue weighted by molar-refractivity contribution is 5.78. The van der Waals surface area contributed by atoms with Crippen molar-refractivity contribution < 1.29 is 4.79 Å². The summed E-state index contributed by atoms with van der Waals surface area (Å²) in [5.74, 6) is 0.148. The van der Waals surface area contributed by atoms with Crippen LogP contribution < -0.4 is 10.6 Å². The molecule has 1 atom stereocenters.